The van der Waals surface area contributed by atoms with Gasteiger partial charge in [-0.05, 0) is 44.5 Å². The van der Waals surface area contributed by atoms with Crippen LogP contribution in [0.4, 0.5) is 0 Å². The summed E-state index contributed by atoms with van der Waals surface area (Å²) in [7, 11) is 1.74. The van der Waals surface area contributed by atoms with E-state index in [9.17, 15) is 5.11 Å². The number of aromatic nitrogens is 4. The van der Waals surface area contributed by atoms with Crippen LogP contribution >= 0.6 is 0 Å². The molecule has 1 aliphatic heterocycles. The molecular formula is C13H25N5O. The molecule has 2 rings (SSSR count). The topological polar surface area (TPSA) is 67.1 Å². The van der Waals surface area contributed by atoms with Gasteiger partial charge < -0.3 is 5.11 Å². The molecule has 2 atom stereocenters. The Labute approximate surface area is 114 Å². The molecule has 0 bridgehead atoms. The molecule has 0 radical (unpaired) electrons. The highest BCUT2D eigenvalue weighted by Gasteiger charge is 2.38. The van der Waals surface area contributed by atoms with Crippen LogP contribution in [0, 0.1) is 0 Å². The van der Waals surface area contributed by atoms with E-state index in [2.05, 4.69) is 34.2 Å². The normalized spacial score (nSPS) is 22.1. The summed E-state index contributed by atoms with van der Waals surface area (Å²) in [6, 6.07) is 0. The highest BCUT2D eigenvalue weighted by Crippen LogP contribution is 2.28. The number of piperidine rings is 1. The lowest BCUT2D eigenvalue weighted by molar-refractivity contribution is -0.0337. The van der Waals surface area contributed by atoms with Gasteiger partial charge in [0, 0.05) is 12.0 Å². The van der Waals surface area contributed by atoms with Crippen LogP contribution in [0.3, 0.4) is 0 Å². The summed E-state index contributed by atoms with van der Waals surface area (Å²) in [6.45, 7) is 6.45. The molecule has 1 fully saturated rings. The van der Waals surface area contributed by atoms with E-state index in [4.69, 9.17) is 0 Å². The average molecular weight is 267 g/mol. The summed E-state index contributed by atoms with van der Waals surface area (Å²) in [4.78, 5) is 3.86. The van der Waals surface area contributed by atoms with Crippen molar-refractivity contribution in [3.63, 3.8) is 0 Å². The minimum Gasteiger partial charge on any atom is -0.391 e. The first kappa shape index (κ1) is 14.4. The molecule has 1 saturated heterocycles. The standard InChI is InChI=1S/C13H25N5O/c1-4-13(2,18-8-6-5-7-9-18)11(19)10-12-14-16-17(3)15-12/h11,19H,4-10H2,1-3H3. The van der Waals surface area contributed by atoms with Gasteiger partial charge in [-0.3, -0.25) is 4.90 Å². The van der Waals surface area contributed by atoms with Gasteiger partial charge in [0.15, 0.2) is 5.82 Å². The van der Waals surface area contributed by atoms with Gasteiger partial charge in [-0.2, -0.15) is 4.80 Å². The lowest BCUT2D eigenvalue weighted by Crippen LogP contribution is -2.56. The molecule has 2 unspecified atom stereocenters. The van der Waals surface area contributed by atoms with Crippen LogP contribution in [0.2, 0.25) is 0 Å². The van der Waals surface area contributed by atoms with Crippen molar-refractivity contribution in [2.45, 2.75) is 57.6 Å². The molecule has 0 aliphatic carbocycles. The molecule has 1 aliphatic rings. The Morgan fingerprint density at radius 1 is 1.32 bits per heavy atom. The third kappa shape index (κ3) is 3.12. The summed E-state index contributed by atoms with van der Waals surface area (Å²) in [6.07, 6.45) is 4.69. The summed E-state index contributed by atoms with van der Waals surface area (Å²) < 4.78 is 0. The van der Waals surface area contributed by atoms with Crippen molar-refractivity contribution in [2.75, 3.05) is 13.1 Å². The third-order valence-electron chi connectivity index (χ3n) is 4.44. The molecule has 1 aromatic heterocycles. The van der Waals surface area contributed by atoms with Crippen LogP contribution in [0.15, 0.2) is 0 Å². The van der Waals surface area contributed by atoms with Crippen molar-refractivity contribution in [3.05, 3.63) is 5.82 Å². The first-order chi connectivity index (χ1) is 9.06. The van der Waals surface area contributed by atoms with Crippen molar-refractivity contribution in [1.29, 1.82) is 0 Å². The SMILES string of the molecule is CCC(C)(C(O)Cc1nnn(C)n1)N1CCCCC1. The molecule has 0 saturated carbocycles. The van der Waals surface area contributed by atoms with Crippen molar-refractivity contribution in [2.24, 2.45) is 7.05 Å². The lowest BCUT2D eigenvalue weighted by Gasteiger charge is -2.45. The molecule has 108 valence electrons. The summed E-state index contributed by atoms with van der Waals surface area (Å²) in [5.41, 5.74) is -0.195. The minimum atomic E-state index is -0.459. The fourth-order valence-electron chi connectivity index (χ4n) is 2.87. The van der Waals surface area contributed by atoms with Gasteiger partial charge in [0.2, 0.25) is 0 Å². The predicted octanol–water partition coefficient (Wildman–Crippen LogP) is 0.768. The number of likely N-dealkylation sites (tertiary alicyclic amines) is 1. The number of hydrogen-bond donors (Lipinski definition) is 1. The average Bonchev–Trinajstić information content (AvgIpc) is 2.84. The van der Waals surface area contributed by atoms with Crippen LogP contribution in [0.25, 0.3) is 0 Å². The van der Waals surface area contributed by atoms with Crippen LogP contribution in [-0.2, 0) is 13.5 Å². The van der Waals surface area contributed by atoms with Crippen molar-refractivity contribution in [3.8, 4) is 0 Å². The van der Waals surface area contributed by atoms with E-state index in [1.54, 1.807) is 7.05 Å². The number of aliphatic hydroxyl groups excluding tert-OH is 1. The second-order valence-electron chi connectivity index (χ2n) is 5.67. The van der Waals surface area contributed by atoms with Gasteiger partial charge in [0.05, 0.1) is 13.2 Å². The van der Waals surface area contributed by atoms with Gasteiger partial charge >= 0.3 is 0 Å². The van der Waals surface area contributed by atoms with Crippen LogP contribution in [0.1, 0.15) is 45.4 Å². The fraction of sp³-hybridized carbons (Fsp3) is 0.923. The minimum absolute atomic E-state index is 0.195. The lowest BCUT2D eigenvalue weighted by atomic mass is 9.85. The Balaban J connectivity index is 2.06. The van der Waals surface area contributed by atoms with Crippen molar-refractivity contribution >= 4 is 0 Å². The van der Waals surface area contributed by atoms with Crippen LogP contribution < -0.4 is 0 Å². The highest BCUT2D eigenvalue weighted by atomic mass is 16.3. The van der Waals surface area contributed by atoms with Crippen LogP contribution in [-0.4, -0.2) is 54.9 Å². The number of rotatable bonds is 5. The zero-order valence-corrected chi connectivity index (χ0v) is 12.2. The maximum atomic E-state index is 10.6. The Morgan fingerprint density at radius 2 is 2.00 bits per heavy atom. The molecule has 6 nitrogen and oxygen atoms in total. The van der Waals surface area contributed by atoms with E-state index in [0.717, 1.165) is 19.5 Å². The van der Waals surface area contributed by atoms with E-state index in [1.165, 1.54) is 24.1 Å². The maximum absolute atomic E-state index is 10.6. The molecule has 6 heteroatoms. The molecule has 0 amide bonds. The van der Waals surface area contributed by atoms with Gasteiger partial charge in [0.1, 0.15) is 0 Å². The first-order valence-corrected chi connectivity index (χ1v) is 7.22. The van der Waals surface area contributed by atoms with Crippen molar-refractivity contribution < 1.29 is 5.11 Å². The van der Waals surface area contributed by atoms with Gasteiger partial charge in [-0.15, -0.1) is 10.2 Å². The van der Waals surface area contributed by atoms with Crippen molar-refractivity contribution in [1.82, 2.24) is 25.1 Å². The zero-order chi connectivity index (χ0) is 13.9. The number of nitrogens with zero attached hydrogens (tertiary/aromatic N) is 5. The second kappa shape index (κ2) is 5.96. The Morgan fingerprint density at radius 3 is 2.53 bits per heavy atom. The molecule has 1 aromatic rings. The Kier molecular flexibility index (Phi) is 4.52. The smallest absolute Gasteiger partial charge is 0.177 e. The monoisotopic (exact) mass is 267 g/mol. The van der Waals surface area contributed by atoms with E-state index >= 15 is 0 Å². The zero-order valence-electron chi connectivity index (χ0n) is 12.2. The molecule has 19 heavy (non-hydrogen) atoms. The number of hydrogen-bond acceptors (Lipinski definition) is 5. The molecule has 0 aromatic carbocycles. The fourth-order valence-corrected chi connectivity index (χ4v) is 2.87. The molecule has 0 spiro atoms. The predicted molar refractivity (Wildman–Crippen MR) is 72.6 cm³/mol. The Bertz CT molecular complexity index is 401. The summed E-state index contributed by atoms with van der Waals surface area (Å²) in [5, 5.41) is 22.6. The summed E-state index contributed by atoms with van der Waals surface area (Å²) >= 11 is 0. The summed E-state index contributed by atoms with van der Waals surface area (Å²) in [5.74, 6) is 0.617. The van der Waals surface area contributed by atoms with Gasteiger partial charge in [-0.25, -0.2) is 0 Å². The van der Waals surface area contributed by atoms with E-state index in [0.29, 0.717) is 12.2 Å². The van der Waals surface area contributed by atoms with Crippen LogP contribution in [0.5, 0.6) is 0 Å². The van der Waals surface area contributed by atoms with Gasteiger partial charge in [-0.1, -0.05) is 13.3 Å². The first-order valence-electron chi connectivity index (χ1n) is 7.22. The third-order valence-corrected chi connectivity index (χ3v) is 4.44. The van der Waals surface area contributed by atoms with E-state index in [1.807, 2.05) is 0 Å². The molecule has 2 heterocycles. The second-order valence-corrected chi connectivity index (χ2v) is 5.67. The maximum Gasteiger partial charge on any atom is 0.177 e. The van der Waals surface area contributed by atoms with E-state index < -0.39 is 6.10 Å². The van der Waals surface area contributed by atoms with Gasteiger partial charge in [0.25, 0.3) is 0 Å². The number of aliphatic hydroxyl groups is 1. The quantitative estimate of drug-likeness (QED) is 0.853. The number of tetrazole rings is 1. The highest BCUT2D eigenvalue weighted by molar-refractivity contribution is 4.97. The largest absolute Gasteiger partial charge is 0.391 e. The molecular weight excluding hydrogens is 242 g/mol. The Hall–Kier alpha value is -1.01. The molecule has 1 N–H and O–H groups in total. The number of aryl methyl sites for hydroxylation is 1. The van der Waals surface area contributed by atoms with E-state index in [-0.39, 0.29) is 5.54 Å².